The summed E-state index contributed by atoms with van der Waals surface area (Å²) in [5.74, 6) is 0. The Morgan fingerprint density at radius 1 is 1.75 bits per heavy atom. The number of hydrogen-bond acceptors (Lipinski definition) is 3. The van der Waals surface area contributed by atoms with Crippen molar-refractivity contribution in [3.63, 3.8) is 0 Å². The molecule has 0 radical (unpaired) electrons. The second-order valence-electron chi connectivity index (χ2n) is 2.75. The van der Waals surface area contributed by atoms with Gasteiger partial charge in [-0.2, -0.15) is 0 Å². The molecular formula is C8H12BrNOS. The number of nitrogens with two attached hydrogens (primary N) is 1. The van der Waals surface area contributed by atoms with Gasteiger partial charge in [0.05, 0.1) is 6.10 Å². The van der Waals surface area contributed by atoms with Crippen LogP contribution in [0, 0.1) is 6.92 Å². The van der Waals surface area contributed by atoms with E-state index in [4.69, 9.17) is 5.73 Å². The average Bonchev–Trinajstić information content (AvgIpc) is 2.36. The van der Waals surface area contributed by atoms with E-state index in [0.717, 1.165) is 4.47 Å². The molecule has 4 heteroatoms. The zero-order valence-corrected chi connectivity index (χ0v) is 9.28. The van der Waals surface area contributed by atoms with Crippen LogP contribution in [-0.2, 0) is 6.42 Å². The maximum Gasteiger partial charge on any atom is 0.0710 e. The van der Waals surface area contributed by atoms with Crippen molar-refractivity contribution in [1.29, 1.82) is 0 Å². The molecule has 1 unspecified atom stereocenters. The van der Waals surface area contributed by atoms with Crippen molar-refractivity contribution in [3.8, 4) is 0 Å². The van der Waals surface area contributed by atoms with Crippen LogP contribution in [0.25, 0.3) is 0 Å². The molecule has 1 rings (SSSR count). The Morgan fingerprint density at radius 3 is 2.83 bits per heavy atom. The second-order valence-corrected chi connectivity index (χ2v) is 4.51. The van der Waals surface area contributed by atoms with Gasteiger partial charge in [-0.1, -0.05) is 0 Å². The summed E-state index contributed by atoms with van der Waals surface area (Å²) in [5, 5.41) is 11.4. The highest BCUT2D eigenvalue weighted by atomic mass is 79.9. The lowest BCUT2D eigenvalue weighted by Gasteiger charge is -2.05. The minimum absolute atomic E-state index is 0.323. The van der Waals surface area contributed by atoms with Crippen molar-refractivity contribution in [3.05, 3.63) is 20.3 Å². The molecule has 0 amide bonds. The topological polar surface area (TPSA) is 46.2 Å². The minimum atomic E-state index is -0.417. The standard InChI is InChI=1S/C8H12BrNOS/c1-5-4-12-7(8(5)9)2-6(11)3-10/h4,6,11H,2-3,10H2,1H3. The molecule has 0 aliphatic carbocycles. The Labute approximate surface area is 84.5 Å². The van der Waals surface area contributed by atoms with Crippen molar-refractivity contribution in [2.24, 2.45) is 5.73 Å². The van der Waals surface area contributed by atoms with Gasteiger partial charge < -0.3 is 10.8 Å². The van der Waals surface area contributed by atoms with E-state index in [1.165, 1.54) is 10.4 Å². The fraction of sp³-hybridized carbons (Fsp3) is 0.500. The molecule has 0 aromatic carbocycles. The third kappa shape index (κ3) is 2.29. The van der Waals surface area contributed by atoms with E-state index in [-0.39, 0.29) is 0 Å². The fourth-order valence-electron chi connectivity index (χ4n) is 0.918. The van der Waals surface area contributed by atoms with Crippen molar-refractivity contribution in [2.75, 3.05) is 6.54 Å². The van der Waals surface area contributed by atoms with Gasteiger partial charge in [0.1, 0.15) is 0 Å². The lowest BCUT2D eigenvalue weighted by Crippen LogP contribution is -2.21. The average molecular weight is 250 g/mol. The summed E-state index contributed by atoms with van der Waals surface area (Å²) < 4.78 is 1.11. The van der Waals surface area contributed by atoms with Crippen LogP contribution in [0.4, 0.5) is 0 Å². The van der Waals surface area contributed by atoms with Crippen LogP contribution in [0.5, 0.6) is 0 Å². The molecule has 0 saturated carbocycles. The second kappa shape index (κ2) is 4.37. The van der Waals surface area contributed by atoms with Gasteiger partial charge in [-0.05, 0) is 33.8 Å². The first kappa shape index (κ1) is 10.2. The SMILES string of the molecule is Cc1csc(CC(O)CN)c1Br. The Morgan fingerprint density at radius 2 is 2.42 bits per heavy atom. The first-order valence-corrected chi connectivity index (χ1v) is 5.43. The predicted octanol–water partition coefficient (Wildman–Crippen LogP) is 1.68. The zero-order chi connectivity index (χ0) is 9.14. The molecule has 1 atom stereocenters. The van der Waals surface area contributed by atoms with Crippen LogP contribution in [0.15, 0.2) is 9.85 Å². The van der Waals surface area contributed by atoms with Crippen LogP contribution >= 0.6 is 27.3 Å². The summed E-state index contributed by atoms with van der Waals surface area (Å²) in [7, 11) is 0. The molecule has 0 saturated heterocycles. The molecule has 1 aromatic heterocycles. The number of aliphatic hydroxyl groups is 1. The van der Waals surface area contributed by atoms with Gasteiger partial charge in [-0.25, -0.2) is 0 Å². The molecule has 0 aliphatic heterocycles. The molecule has 0 spiro atoms. The monoisotopic (exact) mass is 249 g/mol. The molecular weight excluding hydrogens is 238 g/mol. The Bertz CT molecular complexity index is 262. The number of halogens is 1. The summed E-state index contributed by atoms with van der Waals surface area (Å²) in [5.41, 5.74) is 6.54. The third-order valence-corrected chi connectivity index (χ3v) is 4.16. The highest BCUT2D eigenvalue weighted by Gasteiger charge is 2.09. The fourth-order valence-corrected chi connectivity index (χ4v) is 2.62. The maximum atomic E-state index is 9.31. The number of hydrogen-bond donors (Lipinski definition) is 2. The van der Waals surface area contributed by atoms with E-state index in [2.05, 4.69) is 21.3 Å². The molecule has 68 valence electrons. The normalized spacial score (nSPS) is 13.3. The predicted molar refractivity (Wildman–Crippen MR) is 55.5 cm³/mol. The summed E-state index contributed by atoms with van der Waals surface area (Å²) in [6.07, 6.45) is 0.231. The van der Waals surface area contributed by atoms with Gasteiger partial charge >= 0.3 is 0 Å². The third-order valence-electron chi connectivity index (χ3n) is 1.66. The number of aryl methyl sites for hydroxylation is 1. The number of aliphatic hydroxyl groups excluding tert-OH is 1. The minimum Gasteiger partial charge on any atom is -0.391 e. The van der Waals surface area contributed by atoms with Crippen molar-refractivity contribution >= 4 is 27.3 Å². The smallest absolute Gasteiger partial charge is 0.0710 e. The van der Waals surface area contributed by atoms with Crippen LogP contribution in [0.2, 0.25) is 0 Å². The highest BCUT2D eigenvalue weighted by Crippen LogP contribution is 2.28. The van der Waals surface area contributed by atoms with Gasteiger partial charge in [-0.15, -0.1) is 11.3 Å². The summed E-state index contributed by atoms with van der Waals surface area (Å²) in [6.45, 7) is 2.36. The summed E-state index contributed by atoms with van der Waals surface area (Å²) in [4.78, 5) is 1.17. The molecule has 1 aromatic rings. The van der Waals surface area contributed by atoms with Crippen LogP contribution in [0.3, 0.4) is 0 Å². The summed E-state index contributed by atoms with van der Waals surface area (Å²) in [6, 6.07) is 0. The van der Waals surface area contributed by atoms with Gasteiger partial charge in [0.2, 0.25) is 0 Å². The molecule has 0 bridgehead atoms. The van der Waals surface area contributed by atoms with Gasteiger partial charge in [-0.3, -0.25) is 0 Å². The van der Waals surface area contributed by atoms with E-state index in [9.17, 15) is 5.11 Å². The Balaban J connectivity index is 2.69. The maximum absolute atomic E-state index is 9.31. The quantitative estimate of drug-likeness (QED) is 0.857. The summed E-state index contributed by atoms with van der Waals surface area (Å²) >= 11 is 5.12. The van der Waals surface area contributed by atoms with E-state index in [1.54, 1.807) is 11.3 Å². The molecule has 0 fully saturated rings. The van der Waals surface area contributed by atoms with E-state index in [1.807, 2.05) is 6.92 Å². The molecule has 3 N–H and O–H groups in total. The molecule has 2 nitrogen and oxygen atoms in total. The van der Waals surface area contributed by atoms with Gasteiger partial charge in [0, 0.05) is 22.3 Å². The van der Waals surface area contributed by atoms with Gasteiger partial charge in [0.15, 0.2) is 0 Å². The van der Waals surface area contributed by atoms with Crippen molar-refractivity contribution in [2.45, 2.75) is 19.4 Å². The lowest BCUT2D eigenvalue weighted by atomic mass is 10.2. The van der Waals surface area contributed by atoms with Crippen molar-refractivity contribution < 1.29 is 5.11 Å². The highest BCUT2D eigenvalue weighted by molar-refractivity contribution is 9.10. The Hall–Kier alpha value is 0.100. The van der Waals surface area contributed by atoms with Gasteiger partial charge in [0.25, 0.3) is 0 Å². The first-order chi connectivity index (χ1) is 5.65. The molecule has 1 heterocycles. The van der Waals surface area contributed by atoms with Crippen molar-refractivity contribution in [1.82, 2.24) is 0 Å². The van der Waals surface area contributed by atoms with E-state index < -0.39 is 6.10 Å². The van der Waals surface area contributed by atoms with Crippen LogP contribution < -0.4 is 5.73 Å². The number of thiophene rings is 1. The van der Waals surface area contributed by atoms with Crippen LogP contribution in [0.1, 0.15) is 10.4 Å². The first-order valence-electron chi connectivity index (χ1n) is 3.75. The lowest BCUT2D eigenvalue weighted by molar-refractivity contribution is 0.184. The molecule has 0 aliphatic rings. The zero-order valence-electron chi connectivity index (χ0n) is 6.88. The molecule has 12 heavy (non-hydrogen) atoms. The van der Waals surface area contributed by atoms with E-state index >= 15 is 0 Å². The Kier molecular flexibility index (Phi) is 3.71. The van der Waals surface area contributed by atoms with E-state index in [0.29, 0.717) is 13.0 Å². The van der Waals surface area contributed by atoms with Crippen LogP contribution in [-0.4, -0.2) is 17.8 Å². The largest absolute Gasteiger partial charge is 0.391 e. The number of rotatable bonds is 3.